The third-order valence-electron chi connectivity index (χ3n) is 5.11. The van der Waals surface area contributed by atoms with E-state index in [1.54, 1.807) is 11.0 Å². The Bertz CT molecular complexity index is 508. The van der Waals surface area contributed by atoms with Gasteiger partial charge in [0.05, 0.1) is 6.61 Å². The second kappa shape index (κ2) is 7.35. The van der Waals surface area contributed by atoms with Crippen LogP contribution in [0.1, 0.15) is 32.1 Å². The highest BCUT2D eigenvalue weighted by Crippen LogP contribution is 2.38. The highest BCUT2D eigenvalue weighted by atomic mass is 16.3. The number of piperidine rings is 2. The molecule has 0 bridgehead atoms. The molecule has 0 radical (unpaired) electrons. The van der Waals surface area contributed by atoms with Crippen molar-refractivity contribution in [2.24, 2.45) is 5.41 Å². The van der Waals surface area contributed by atoms with Crippen LogP contribution in [0.2, 0.25) is 0 Å². The van der Waals surface area contributed by atoms with Crippen molar-refractivity contribution in [2.45, 2.75) is 38.6 Å². The number of aliphatic hydroxyl groups is 1. The summed E-state index contributed by atoms with van der Waals surface area (Å²) in [6.45, 7) is 5.39. The molecule has 1 N–H and O–H groups in total. The Labute approximate surface area is 136 Å². The first kappa shape index (κ1) is 16.3. The fourth-order valence-electron chi connectivity index (χ4n) is 4.00. The number of likely N-dealkylation sites (tertiary alicyclic amines) is 2. The van der Waals surface area contributed by atoms with Gasteiger partial charge in [-0.1, -0.05) is 0 Å². The average Bonchev–Trinajstić information content (AvgIpc) is 3.05. The molecule has 1 aromatic heterocycles. The highest BCUT2D eigenvalue weighted by molar-refractivity contribution is 5.77. The first-order valence-corrected chi connectivity index (χ1v) is 8.53. The number of β-amino-alcohol motifs (C(OH)–C–C–N with tert-alkyl or cyclic N) is 1. The zero-order valence-electron chi connectivity index (χ0n) is 13.6. The minimum absolute atomic E-state index is 0.0531. The largest absolute Gasteiger partial charge is 0.395 e. The summed E-state index contributed by atoms with van der Waals surface area (Å²) in [7, 11) is 0. The van der Waals surface area contributed by atoms with E-state index < -0.39 is 0 Å². The number of rotatable bonds is 6. The molecule has 2 aliphatic heterocycles. The van der Waals surface area contributed by atoms with E-state index in [4.69, 9.17) is 5.11 Å². The molecule has 1 atom stereocenters. The van der Waals surface area contributed by atoms with Crippen molar-refractivity contribution in [1.82, 2.24) is 30.0 Å². The molecule has 0 aliphatic carbocycles. The first-order chi connectivity index (χ1) is 11.2. The molecule has 1 spiro atoms. The number of amides is 1. The summed E-state index contributed by atoms with van der Waals surface area (Å²) in [4.78, 5) is 16.3. The van der Waals surface area contributed by atoms with E-state index in [2.05, 4.69) is 20.4 Å². The molecule has 2 aliphatic rings. The Morgan fingerprint density at radius 2 is 2.13 bits per heavy atom. The molecule has 3 heterocycles. The van der Waals surface area contributed by atoms with Gasteiger partial charge in [-0.2, -0.15) is 0 Å². The fourth-order valence-corrected chi connectivity index (χ4v) is 4.00. The second-order valence-electron chi connectivity index (χ2n) is 6.85. The molecule has 128 valence electrons. The molecule has 0 aromatic carbocycles. The Balaban J connectivity index is 1.51. The topological polar surface area (TPSA) is 87.4 Å². The van der Waals surface area contributed by atoms with Crippen molar-refractivity contribution in [3.05, 3.63) is 6.33 Å². The van der Waals surface area contributed by atoms with Gasteiger partial charge in [0.15, 0.2) is 0 Å². The van der Waals surface area contributed by atoms with Crippen LogP contribution in [0.25, 0.3) is 0 Å². The number of aliphatic hydroxyl groups excluding tert-OH is 1. The summed E-state index contributed by atoms with van der Waals surface area (Å²) in [6.07, 6.45) is 6.66. The SMILES string of the molecule is O=C1CCC2(CCCN(CCCn3cnnn3)C2)CN1CCO. The Kier molecular flexibility index (Phi) is 5.22. The second-order valence-corrected chi connectivity index (χ2v) is 6.85. The van der Waals surface area contributed by atoms with Crippen molar-refractivity contribution < 1.29 is 9.90 Å². The minimum atomic E-state index is 0.0531. The van der Waals surface area contributed by atoms with Crippen LogP contribution in [0, 0.1) is 5.41 Å². The van der Waals surface area contributed by atoms with E-state index in [1.807, 2.05) is 4.90 Å². The van der Waals surface area contributed by atoms with Crippen molar-refractivity contribution in [1.29, 1.82) is 0 Å². The van der Waals surface area contributed by atoms with Gasteiger partial charge in [-0.05, 0) is 49.2 Å². The van der Waals surface area contributed by atoms with Gasteiger partial charge in [0.2, 0.25) is 5.91 Å². The van der Waals surface area contributed by atoms with Crippen LogP contribution in [0.3, 0.4) is 0 Å². The van der Waals surface area contributed by atoms with Crippen molar-refractivity contribution in [2.75, 3.05) is 39.3 Å². The average molecular weight is 322 g/mol. The summed E-state index contributed by atoms with van der Waals surface area (Å²) in [5.41, 5.74) is 0.218. The monoisotopic (exact) mass is 322 g/mol. The van der Waals surface area contributed by atoms with Gasteiger partial charge >= 0.3 is 0 Å². The fraction of sp³-hybridized carbons (Fsp3) is 0.867. The number of nitrogens with zero attached hydrogens (tertiary/aromatic N) is 6. The summed E-state index contributed by atoms with van der Waals surface area (Å²) in [5.74, 6) is 0.195. The number of aromatic nitrogens is 4. The summed E-state index contributed by atoms with van der Waals surface area (Å²) in [5, 5.41) is 20.3. The zero-order chi connectivity index (χ0) is 16.1. The number of aryl methyl sites for hydroxylation is 1. The number of carbonyl (C=O) groups excluding carboxylic acids is 1. The van der Waals surface area contributed by atoms with Gasteiger partial charge in [0.1, 0.15) is 6.33 Å². The van der Waals surface area contributed by atoms with Crippen LogP contribution in [0.4, 0.5) is 0 Å². The molecule has 8 heteroatoms. The first-order valence-electron chi connectivity index (χ1n) is 8.53. The van der Waals surface area contributed by atoms with Gasteiger partial charge in [0.25, 0.3) is 0 Å². The van der Waals surface area contributed by atoms with Crippen molar-refractivity contribution in [3.8, 4) is 0 Å². The lowest BCUT2D eigenvalue weighted by atomic mass is 9.73. The minimum Gasteiger partial charge on any atom is -0.395 e. The van der Waals surface area contributed by atoms with Gasteiger partial charge < -0.3 is 14.9 Å². The van der Waals surface area contributed by atoms with E-state index in [9.17, 15) is 4.79 Å². The predicted molar refractivity (Wildman–Crippen MR) is 83.4 cm³/mol. The van der Waals surface area contributed by atoms with E-state index in [-0.39, 0.29) is 17.9 Å². The number of tetrazole rings is 1. The van der Waals surface area contributed by atoms with Crippen molar-refractivity contribution >= 4 is 5.91 Å². The molecule has 8 nitrogen and oxygen atoms in total. The van der Waals surface area contributed by atoms with E-state index in [1.165, 1.54) is 12.8 Å². The summed E-state index contributed by atoms with van der Waals surface area (Å²) < 4.78 is 1.77. The standard InChI is InChI=1S/C15H26N6O2/c22-10-9-20-12-15(5-3-14(20)23)4-1-6-19(11-15)7-2-8-21-13-16-17-18-21/h13,22H,1-12H2. The Hall–Kier alpha value is -1.54. The molecule has 0 saturated carbocycles. The number of carbonyl (C=O) groups is 1. The highest BCUT2D eigenvalue weighted by Gasteiger charge is 2.41. The maximum absolute atomic E-state index is 12.0. The zero-order valence-corrected chi connectivity index (χ0v) is 13.6. The lowest BCUT2D eigenvalue weighted by Crippen LogP contribution is -2.54. The number of hydrogen-bond acceptors (Lipinski definition) is 6. The van der Waals surface area contributed by atoms with Crippen LogP contribution in [0.15, 0.2) is 6.33 Å². The predicted octanol–water partition coefficient (Wildman–Crippen LogP) is -0.240. The van der Waals surface area contributed by atoms with Crippen LogP contribution in [0.5, 0.6) is 0 Å². The third-order valence-corrected chi connectivity index (χ3v) is 5.11. The normalized spacial score (nSPS) is 26.1. The molecule has 2 saturated heterocycles. The summed E-state index contributed by atoms with van der Waals surface area (Å²) in [6, 6.07) is 0. The lowest BCUT2D eigenvalue weighted by molar-refractivity contribution is -0.140. The van der Waals surface area contributed by atoms with E-state index in [0.717, 1.165) is 45.6 Å². The Morgan fingerprint density at radius 1 is 1.22 bits per heavy atom. The van der Waals surface area contributed by atoms with E-state index >= 15 is 0 Å². The molecule has 1 amide bonds. The van der Waals surface area contributed by atoms with Gasteiger partial charge in [0, 0.05) is 38.0 Å². The molecular formula is C15H26N6O2. The van der Waals surface area contributed by atoms with Crippen LogP contribution >= 0.6 is 0 Å². The molecule has 3 rings (SSSR count). The molecule has 1 unspecified atom stereocenters. The third kappa shape index (κ3) is 4.06. The smallest absolute Gasteiger partial charge is 0.222 e. The van der Waals surface area contributed by atoms with Crippen LogP contribution < -0.4 is 0 Å². The lowest BCUT2D eigenvalue weighted by Gasteiger charge is -2.48. The number of hydrogen-bond donors (Lipinski definition) is 1. The van der Waals surface area contributed by atoms with E-state index in [0.29, 0.717) is 13.0 Å². The quantitative estimate of drug-likeness (QED) is 0.778. The molecular weight excluding hydrogens is 296 g/mol. The maximum atomic E-state index is 12.0. The maximum Gasteiger partial charge on any atom is 0.222 e. The van der Waals surface area contributed by atoms with Gasteiger partial charge in [-0.3, -0.25) is 4.79 Å². The molecule has 23 heavy (non-hydrogen) atoms. The Morgan fingerprint density at radius 3 is 2.91 bits per heavy atom. The van der Waals surface area contributed by atoms with Gasteiger partial charge in [-0.15, -0.1) is 5.10 Å². The molecule has 1 aromatic rings. The summed E-state index contributed by atoms with van der Waals surface area (Å²) >= 11 is 0. The van der Waals surface area contributed by atoms with Crippen molar-refractivity contribution in [3.63, 3.8) is 0 Å². The molecule has 2 fully saturated rings. The van der Waals surface area contributed by atoms with Crippen LogP contribution in [-0.4, -0.2) is 80.4 Å². The van der Waals surface area contributed by atoms with Gasteiger partial charge in [-0.25, -0.2) is 4.68 Å². The van der Waals surface area contributed by atoms with Crippen LogP contribution in [-0.2, 0) is 11.3 Å².